The summed E-state index contributed by atoms with van der Waals surface area (Å²) in [5.74, 6) is -0.987. The van der Waals surface area contributed by atoms with Crippen molar-refractivity contribution < 1.29 is 19.4 Å². The third kappa shape index (κ3) is 3.39. The van der Waals surface area contributed by atoms with E-state index in [-0.39, 0.29) is 18.5 Å². The smallest absolute Gasteiger partial charge is 0.321 e. The third-order valence-electron chi connectivity index (χ3n) is 3.62. The number of urea groups is 1. The molecule has 0 aliphatic carbocycles. The van der Waals surface area contributed by atoms with Crippen molar-refractivity contribution in [2.24, 2.45) is 11.8 Å². The zero-order chi connectivity index (χ0) is 15.6. The maximum atomic E-state index is 12.2. The van der Waals surface area contributed by atoms with Gasteiger partial charge < -0.3 is 20.1 Å². The number of carboxylic acids is 1. The summed E-state index contributed by atoms with van der Waals surface area (Å²) in [4.78, 5) is 24.8. The zero-order valence-corrected chi connectivity index (χ0v) is 12.6. The molecule has 0 radical (unpaired) electrons. The van der Waals surface area contributed by atoms with Gasteiger partial charge in [0.25, 0.3) is 0 Å². The standard InChI is InChI=1S/C14H17ClN2O4/c1-8-6-17(7-10(8)13(18)19)14(20)16-11-5-9(15)3-4-12(11)21-2/h3-5,8,10H,6-7H2,1-2H3,(H,16,20)(H,18,19). The van der Waals surface area contributed by atoms with E-state index in [1.807, 2.05) is 6.92 Å². The first-order valence-electron chi connectivity index (χ1n) is 6.54. The molecule has 114 valence electrons. The highest BCUT2D eigenvalue weighted by molar-refractivity contribution is 6.31. The zero-order valence-electron chi connectivity index (χ0n) is 11.8. The summed E-state index contributed by atoms with van der Waals surface area (Å²) >= 11 is 5.91. The van der Waals surface area contributed by atoms with Crippen LogP contribution in [0.2, 0.25) is 5.02 Å². The Morgan fingerprint density at radius 3 is 2.71 bits per heavy atom. The van der Waals surface area contributed by atoms with E-state index in [9.17, 15) is 9.59 Å². The van der Waals surface area contributed by atoms with Crippen molar-refractivity contribution in [3.63, 3.8) is 0 Å². The second-order valence-corrected chi connectivity index (χ2v) is 5.54. The number of nitrogens with zero attached hydrogens (tertiary/aromatic N) is 1. The Morgan fingerprint density at radius 2 is 2.14 bits per heavy atom. The highest BCUT2D eigenvalue weighted by atomic mass is 35.5. The fraction of sp³-hybridized carbons (Fsp3) is 0.429. The van der Waals surface area contributed by atoms with Gasteiger partial charge in [-0.2, -0.15) is 0 Å². The fourth-order valence-electron chi connectivity index (χ4n) is 2.43. The van der Waals surface area contributed by atoms with Gasteiger partial charge in [-0.3, -0.25) is 4.79 Å². The van der Waals surface area contributed by atoms with Crippen LogP contribution in [0.25, 0.3) is 0 Å². The van der Waals surface area contributed by atoms with Gasteiger partial charge in [-0.15, -0.1) is 0 Å². The molecule has 1 heterocycles. The normalized spacial score (nSPS) is 21.2. The van der Waals surface area contributed by atoms with Crippen LogP contribution in [-0.4, -0.2) is 42.2 Å². The van der Waals surface area contributed by atoms with Gasteiger partial charge in [0.1, 0.15) is 5.75 Å². The first-order chi connectivity index (χ1) is 9.92. The lowest BCUT2D eigenvalue weighted by Crippen LogP contribution is -2.34. The number of rotatable bonds is 3. The summed E-state index contributed by atoms with van der Waals surface area (Å²) in [6.45, 7) is 2.43. The molecule has 1 aromatic rings. The minimum absolute atomic E-state index is 0.0745. The van der Waals surface area contributed by atoms with Crippen molar-refractivity contribution in [3.8, 4) is 5.75 Å². The number of anilines is 1. The second kappa shape index (κ2) is 6.22. The Morgan fingerprint density at radius 1 is 1.43 bits per heavy atom. The van der Waals surface area contributed by atoms with Crippen LogP contribution in [-0.2, 0) is 4.79 Å². The van der Waals surface area contributed by atoms with Crippen LogP contribution in [0.1, 0.15) is 6.92 Å². The van der Waals surface area contributed by atoms with Gasteiger partial charge >= 0.3 is 12.0 Å². The number of hydrogen-bond donors (Lipinski definition) is 2. The van der Waals surface area contributed by atoms with E-state index in [2.05, 4.69) is 5.32 Å². The SMILES string of the molecule is COc1ccc(Cl)cc1NC(=O)N1CC(C)C(C(=O)O)C1. The van der Waals surface area contributed by atoms with Gasteiger partial charge in [-0.1, -0.05) is 18.5 Å². The molecular formula is C14H17ClN2O4. The number of halogens is 1. The summed E-state index contributed by atoms with van der Waals surface area (Å²) in [6, 6.07) is 4.55. The lowest BCUT2D eigenvalue weighted by Gasteiger charge is -2.18. The molecule has 7 heteroatoms. The minimum Gasteiger partial charge on any atom is -0.495 e. The number of carbonyl (C=O) groups excluding carboxylic acids is 1. The van der Waals surface area contributed by atoms with Crippen molar-refractivity contribution in [1.29, 1.82) is 0 Å². The predicted molar refractivity (Wildman–Crippen MR) is 78.9 cm³/mol. The number of methoxy groups -OCH3 is 1. The van der Waals surface area contributed by atoms with Gasteiger partial charge in [-0.05, 0) is 24.1 Å². The van der Waals surface area contributed by atoms with Crippen molar-refractivity contribution in [2.75, 3.05) is 25.5 Å². The molecule has 2 unspecified atom stereocenters. The van der Waals surface area contributed by atoms with Gasteiger partial charge in [0, 0.05) is 18.1 Å². The highest BCUT2D eigenvalue weighted by Crippen LogP contribution is 2.29. The van der Waals surface area contributed by atoms with Crippen LogP contribution in [0.4, 0.5) is 10.5 Å². The van der Waals surface area contributed by atoms with Crippen molar-refractivity contribution in [2.45, 2.75) is 6.92 Å². The molecule has 21 heavy (non-hydrogen) atoms. The lowest BCUT2D eigenvalue weighted by molar-refractivity contribution is -0.142. The van der Waals surface area contributed by atoms with Gasteiger partial charge in [-0.25, -0.2) is 4.79 Å². The second-order valence-electron chi connectivity index (χ2n) is 5.10. The molecular weight excluding hydrogens is 296 g/mol. The van der Waals surface area contributed by atoms with Crippen LogP contribution in [0.5, 0.6) is 5.75 Å². The van der Waals surface area contributed by atoms with E-state index >= 15 is 0 Å². The summed E-state index contributed by atoms with van der Waals surface area (Å²) in [6.07, 6.45) is 0. The predicted octanol–water partition coefficient (Wildman–Crippen LogP) is 2.53. The van der Waals surface area contributed by atoms with Crippen molar-refractivity contribution in [1.82, 2.24) is 4.90 Å². The number of benzene rings is 1. The van der Waals surface area contributed by atoms with E-state index in [0.717, 1.165) is 0 Å². The van der Waals surface area contributed by atoms with Gasteiger partial charge in [0.05, 0.1) is 18.7 Å². The number of amides is 2. The van der Waals surface area contributed by atoms with E-state index in [4.69, 9.17) is 21.4 Å². The maximum absolute atomic E-state index is 12.2. The van der Waals surface area contributed by atoms with Crippen LogP contribution >= 0.6 is 11.6 Å². The largest absolute Gasteiger partial charge is 0.495 e. The highest BCUT2D eigenvalue weighted by Gasteiger charge is 2.37. The first-order valence-corrected chi connectivity index (χ1v) is 6.92. The van der Waals surface area contributed by atoms with Crippen molar-refractivity contribution in [3.05, 3.63) is 23.2 Å². The molecule has 2 rings (SSSR count). The number of aliphatic carboxylic acids is 1. The number of hydrogen-bond acceptors (Lipinski definition) is 3. The Labute approximate surface area is 127 Å². The molecule has 0 saturated carbocycles. The van der Waals surface area contributed by atoms with Crippen LogP contribution in [0.3, 0.4) is 0 Å². The van der Waals surface area contributed by atoms with E-state index in [1.54, 1.807) is 18.2 Å². The summed E-state index contributed by atoms with van der Waals surface area (Å²) in [5.41, 5.74) is 0.460. The molecule has 1 saturated heterocycles. The average Bonchev–Trinajstić information content (AvgIpc) is 2.81. The molecule has 1 aliphatic heterocycles. The van der Waals surface area contributed by atoms with Gasteiger partial charge in [0.2, 0.25) is 0 Å². The van der Waals surface area contributed by atoms with E-state index < -0.39 is 11.9 Å². The molecule has 0 aromatic heterocycles. The summed E-state index contributed by atoms with van der Waals surface area (Å²) in [5, 5.41) is 12.3. The molecule has 1 aromatic carbocycles. The average molecular weight is 313 g/mol. The number of carbonyl (C=O) groups is 2. The molecule has 0 bridgehead atoms. The van der Waals surface area contributed by atoms with Crippen LogP contribution in [0.15, 0.2) is 18.2 Å². The monoisotopic (exact) mass is 312 g/mol. The lowest BCUT2D eigenvalue weighted by atomic mass is 9.99. The molecule has 2 N–H and O–H groups in total. The Bertz CT molecular complexity index is 564. The van der Waals surface area contributed by atoms with Gasteiger partial charge in [0.15, 0.2) is 0 Å². The number of nitrogens with one attached hydrogen (secondary N) is 1. The number of ether oxygens (including phenoxy) is 1. The number of carboxylic acid groups (broad SMARTS) is 1. The molecule has 0 spiro atoms. The molecule has 2 amide bonds. The number of likely N-dealkylation sites (tertiary alicyclic amines) is 1. The molecule has 1 fully saturated rings. The van der Waals surface area contributed by atoms with E-state index in [1.165, 1.54) is 12.0 Å². The molecule has 2 atom stereocenters. The Balaban J connectivity index is 2.09. The van der Waals surface area contributed by atoms with E-state index in [0.29, 0.717) is 23.0 Å². The molecule has 1 aliphatic rings. The third-order valence-corrected chi connectivity index (χ3v) is 3.85. The topological polar surface area (TPSA) is 78.9 Å². The summed E-state index contributed by atoms with van der Waals surface area (Å²) < 4.78 is 5.16. The summed E-state index contributed by atoms with van der Waals surface area (Å²) in [7, 11) is 1.50. The fourth-order valence-corrected chi connectivity index (χ4v) is 2.60. The Hall–Kier alpha value is -1.95. The maximum Gasteiger partial charge on any atom is 0.321 e. The van der Waals surface area contributed by atoms with Crippen LogP contribution in [0, 0.1) is 11.8 Å². The Kier molecular flexibility index (Phi) is 4.57. The van der Waals surface area contributed by atoms with Crippen molar-refractivity contribution >= 4 is 29.3 Å². The van der Waals surface area contributed by atoms with Crippen LogP contribution < -0.4 is 10.1 Å². The molecule has 6 nitrogen and oxygen atoms in total. The first kappa shape index (κ1) is 15.4. The minimum atomic E-state index is -0.877. The quantitative estimate of drug-likeness (QED) is 0.899.